The highest BCUT2D eigenvalue weighted by atomic mass is 19.2. The largest absolute Gasteiger partial charge is 0.491 e. The van der Waals surface area contributed by atoms with Crippen LogP contribution in [0.5, 0.6) is 5.75 Å². The van der Waals surface area contributed by atoms with Gasteiger partial charge in [0.25, 0.3) is 0 Å². The molecule has 0 aromatic heterocycles. The van der Waals surface area contributed by atoms with E-state index in [9.17, 15) is 17.6 Å². The van der Waals surface area contributed by atoms with Crippen molar-refractivity contribution in [2.75, 3.05) is 19.8 Å². The topological polar surface area (TPSA) is 27.7 Å². The van der Waals surface area contributed by atoms with Gasteiger partial charge in [0.2, 0.25) is 5.82 Å². The molecule has 178 valence electrons. The highest BCUT2D eigenvalue weighted by Gasteiger charge is 2.34. The molecule has 0 amide bonds. The van der Waals surface area contributed by atoms with Crippen molar-refractivity contribution >= 4 is 0 Å². The maximum atomic E-state index is 15.0. The quantitative estimate of drug-likeness (QED) is 0.358. The summed E-state index contributed by atoms with van der Waals surface area (Å²) in [5.74, 6) is -5.00. The molecule has 0 spiro atoms. The van der Waals surface area contributed by atoms with Gasteiger partial charge < -0.3 is 14.2 Å². The Morgan fingerprint density at radius 3 is 2.06 bits per heavy atom. The minimum atomic E-state index is -1.28. The van der Waals surface area contributed by atoms with Crippen LogP contribution in [0.1, 0.15) is 44.1 Å². The second-order valence-corrected chi connectivity index (χ2v) is 8.59. The van der Waals surface area contributed by atoms with Gasteiger partial charge >= 0.3 is 0 Å². The second-order valence-electron chi connectivity index (χ2n) is 8.59. The Labute approximate surface area is 191 Å². The molecule has 0 saturated carbocycles. The van der Waals surface area contributed by atoms with Crippen LogP contribution in [0.4, 0.5) is 17.6 Å². The lowest BCUT2D eigenvalue weighted by Crippen LogP contribution is -2.40. The summed E-state index contributed by atoms with van der Waals surface area (Å²) in [7, 11) is 0. The van der Waals surface area contributed by atoms with Gasteiger partial charge in [0.05, 0.1) is 32.0 Å². The van der Waals surface area contributed by atoms with Gasteiger partial charge in [-0.05, 0) is 50.3 Å². The molecule has 2 aromatic carbocycles. The van der Waals surface area contributed by atoms with Gasteiger partial charge in [-0.3, -0.25) is 0 Å². The molecule has 4 unspecified atom stereocenters. The Morgan fingerprint density at radius 1 is 0.848 bits per heavy atom. The number of rotatable bonds is 6. The summed E-state index contributed by atoms with van der Waals surface area (Å²) in [4.78, 5) is 0. The molecule has 2 aromatic rings. The van der Waals surface area contributed by atoms with Gasteiger partial charge in [0.15, 0.2) is 23.2 Å². The number of ether oxygens (including phenoxy) is 3. The maximum absolute atomic E-state index is 15.0. The third-order valence-corrected chi connectivity index (χ3v) is 6.59. The van der Waals surface area contributed by atoms with Crippen LogP contribution in [0.3, 0.4) is 0 Å². The lowest BCUT2D eigenvalue weighted by molar-refractivity contribution is -0.119. The molecule has 2 saturated heterocycles. The van der Waals surface area contributed by atoms with E-state index in [1.165, 1.54) is 24.3 Å². The fourth-order valence-corrected chi connectivity index (χ4v) is 4.68. The first-order valence-electron chi connectivity index (χ1n) is 11.4. The van der Waals surface area contributed by atoms with Gasteiger partial charge in [0.1, 0.15) is 0 Å². The smallest absolute Gasteiger partial charge is 0.201 e. The van der Waals surface area contributed by atoms with Crippen molar-refractivity contribution in [3.63, 3.8) is 0 Å². The minimum Gasteiger partial charge on any atom is -0.491 e. The van der Waals surface area contributed by atoms with Crippen LogP contribution in [0, 0.1) is 29.2 Å². The zero-order valence-corrected chi connectivity index (χ0v) is 18.6. The highest BCUT2D eigenvalue weighted by molar-refractivity contribution is 5.66. The summed E-state index contributed by atoms with van der Waals surface area (Å²) in [5.41, 5.74) is -0.512. The number of hydrogen-bond acceptors (Lipinski definition) is 3. The maximum Gasteiger partial charge on any atom is 0.201 e. The lowest BCUT2D eigenvalue weighted by atomic mass is 9.86. The van der Waals surface area contributed by atoms with Crippen LogP contribution in [0.2, 0.25) is 0 Å². The normalized spacial score (nSPS) is 25.6. The molecule has 0 bridgehead atoms. The average molecular weight is 464 g/mol. The Kier molecular flexibility index (Phi) is 7.39. The van der Waals surface area contributed by atoms with E-state index in [2.05, 4.69) is 6.58 Å². The molecular weight excluding hydrogens is 436 g/mol. The molecule has 2 fully saturated rings. The van der Waals surface area contributed by atoms with Crippen LogP contribution >= 0.6 is 0 Å². The summed E-state index contributed by atoms with van der Waals surface area (Å²) >= 11 is 0. The van der Waals surface area contributed by atoms with Crippen molar-refractivity contribution in [3.8, 4) is 16.9 Å². The zero-order valence-electron chi connectivity index (χ0n) is 18.6. The molecule has 2 aliphatic rings. The van der Waals surface area contributed by atoms with E-state index in [1.807, 2.05) is 6.08 Å². The third-order valence-electron chi connectivity index (χ3n) is 6.59. The number of hydrogen-bond donors (Lipinski definition) is 0. The van der Waals surface area contributed by atoms with E-state index >= 15 is 0 Å². The molecule has 0 radical (unpaired) electrons. The van der Waals surface area contributed by atoms with Crippen molar-refractivity contribution in [1.82, 2.24) is 0 Å². The molecule has 2 heterocycles. The van der Waals surface area contributed by atoms with E-state index < -0.39 is 23.3 Å². The van der Waals surface area contributed by atoms with Crippen molar-refractivity contribution < 1.29 is 31.8 Å². The first-order chi connectivity index (χ1) is 15.9. The Morgan fingerprint density at radius 2 is 1.48 bits per heavy atom. The Hall–Kier alpha value is -2.38. The Bertz CT molecular complexity index is 994. The molecule has 33 heavy (non-hydrogen) atoms. The second kappa shape index (κ2) is 10.3. The van der Waals surface area contributed by atoms with Crippen molar-refractivity contribution in [2.45, 2.75) is 50.7 Å². The summed E-state index contributed by atoms with van der Waals surface area (Å²) in [6.07, 6.45) is 5.02. The number of benzene rings is 2. The molecule has 0 aliphatic carbocycles. The number of halogens is 4. The first kappa shape index (κ1) is 23.8. The molecule has 4 rings (SSSR count). The van der Waals surface area contributed by atoms with Gasteiger partial charge in [-0.2, -0.15) is 4.39 Å². The van der Waals surface area contributed by atoms with E-state index in [0.717, 1.165) is 12.8 Å². The molecule has 2 aliphatic heterocycles. The van der Waals surface area contributed by atoms with Crippen molar-refractivity contribution in [3.05, 3.63) is 65.8 Å². The van der Waals surface area contributed by atoms with Gasteiger partial charge in [-0.25, -0.2) is 13.2 Å². The fourth-order valence-electron chi connectivity index (χ4n) is 4.68. The fraction of sp³-hybridized carbons (Fsp3) is 0.462. The van der Waals surface area contributed by atoms with Crippen LogP contribution in [0.25, 0.3) is 11.1 Å². The van der Waals surface area contributed by atoms with Crippen molar-refractivity contribution in [2.24, 2.45) is 5.92 Å². The van der Waals surface area contributed by atoms with E-state index in [4.69, 9.17) is 14.2 Å². The van der Waals surface area contributed by atoms with Crippen LogP contribution < -0.4 is 4.74 Å². The predicted molar refractivity (Wildman–Crippen MR) is 117 cm³/mol. The molecule has 7 heteroatoms. The first-order valence-corrected chi connectivity index (χ1v) is 11.4. The van der Waals surface area contributed by atoms with Crippen molar-refractivity contribution in [1.29, 1.82) is 0 Å². The minimum absolute atomic E-state index is 0.00337. The summed E-state index contributed by atoms with van der Waals surface area (Å²) in [6, 6.07) is 5.12. The van der Waals surface area contributed by atoms with E-state index in [1.54, 1.807) is 6.92 Å². The van der Waals surface area contributed by atoms with E-state index in [0.29, 0.717) is 25.4 Å². The summed E-state index contributed by atoms with van der Waals surface area (Å²) < 4.78 is 75.6. The van der Waals surface area contributed by atoms with E-state index in [-0.39, 0.29) is 53.8 Å². The monoisotopic (exact) mass is 464 g/mol. The average Bonchev–Trinajstić information content (AvgIpc) is 2.85. The SMILES string of the molecule is C=CC1CCC(C2CCC(c3ccc(-c4ccc(OCC)c(F)c4F)c(F)c3F)CO2)OC1. The molecule has 4 atom stereocenters. The van der Waals surface area contributed by atoms with Gasteiger partial charge in [0, 0.05) is 23.0 Å². The highest BCUT2D eigenvalue weighted by Crippen LogP contribution is 2.38. The summed E-state index contributed by atoms with van der Waals surface area (Å²) in [6.45, 7) is 6.47. The Balaban J connectivity index is 1.48. The summed E-state index contributed by atoms with van der Waals surface area (Å²) in [5, 5.41) is 0. The molecular formula is C26H28F4O3. The third kappa shape index (κ3) is 4.80. The standard InChI is InChI=1S/C26H28F4O3/c1-3-15-5-10-20(32-13-15)21-11-6-16(14-33-21)17-7-8-18(24(28)23(17)27)19-9-12-22(31-4-2)26(30)25(19)29/h3,7-9,12,15-16,20-21H,1,4-6,10-11,13-14H2,2H3. The van der Waals surface area contributed by atoms with Crippen LogP contribution in [0.15, 0.2) is 36.9 Å². The lowest BCUT2D eigenvalue weighted by Gasteiger charge is -2.37. The van der Waals surface area contributed by atoms with Crippen LogP contribution in [-0.4, -0.2) is 32.0 Å². The van der Waals surface area contributed by atoms with Gasteiger partial charge in [-0.1, -0.05) is 18.2 Å². The van der Waals surface area contributed by atoms with Crippen LogP contribution in [-0.2, 0) is 9.47 Å². The van der Waals surface area contributed by atoms with Gasteiger partial charge in [-0.15, -0.1) is 6.58 Å². The predicted octanol–water partition coefficient (Wildman–Crippen LogP) is 6.55. The molecule has 3 nitrogen and oxygen atoms in total. The zero-order chi connectivity index (χ0) is 23.5. The molecule has 0 N–H and O–H groups in total.